The molecule has 10 heteroatoms. The van der Waals surface area contributed by atoms with Crippen molar-refractivity contribution >= 4 is 29.5 Å². The number of benzene rings is 2. The van der Waals surface area contributed by atoms with Gasteiger partial charge in [0, 0.05) is 17.3 Å². The van der Waals surface area contributed by atoms with Crippen molar-refractivity contribution in [1.82, 2.24) is 10.2 Å². The minimum absolute atomic E-state index is 0.470. The average Bonchev–Trinajstić information content (AvgIpc) is 2.85. The van der Waals surface area contributed by atoms with Gasteiger partial charge in [-0.05, 0) is 76.6 Å². The molecule has 4 N–H and O–H groups in total. The van der Waals surface area contributed by atoms with E-state index in [1.807, 2.05) is 0 Å². The second-order valence-electron chi connectivity index (χ2n) is 10.1. The Bertz CT molecular complexity index is 1210. The molecule has 2 atom stereocenters. The van der Waals surface area contributed by atoms with Gasteiger partial charge in [-0.1, -0.05) is 18.1 Å². The van der Waals surface area contributed by atoms with Crippen molar-refractivity contribution in [1.29, 1.82) is 0 Å². The summed E-state index contributed by atoms with van der Waals surface area (Å²) >= 11 is 0. The summed E-state index contributed by atoms with van der Waals surface area (Å²) in [5.74, 6) is 1.10. The Morgan fingerprint density at radius 1 is 1.03 bits per heavy atom. The molecule has 0 bridgehead atoms. The van der Waals surface area contributed by atoms with Crippen LogP contribution in [0.5, 0.6) is 5.75 Å². The highest BCUT2D eigenvalue weighted by atomic mass is 16.6. The highest BCUT2D eigenvalue weighted by molar-refractivity contribution is 5.99. The van der Waals surface area contributed by atoms with Gasteiger partial charge in [-0.25, -0.2) is 4.79 Å². The number of terminal acetylenes is 1. The number of carbonyl (C=O) groups excluding carboxylic acids is 4. The Morgan fingerprint density at radius 2 is 1.62 bits per heavy atom. The summed E-state index contributed by atoms with van der Waals surface area (Å²) in [4.78, 5) is 53.3. The Kier molecular flexibility index (Phi) is 10.5. The molecule has 0 fully saturated rings. The molecule has 0 saturated carbocycles. The van der Waals surface area contributed by atoms with Crippen LogP contribution in [0.4, 0.5) is 10.5 Å². The second kappa shape index (κ2) is 13.3. The summed E-state index contributed by atoms with van der Waals surface area (Å²) in [6, 6.07) is 10.3. The molecule has 0 saturated heterocycles. The predicted molar refractivity (Wildman–Crippen MR) is 148 cm³/mol. The Labute approximate surface area is 229 Å². The molecule has 208 valence electrons. The first kappa shape index (κ1) is 30.7. The molecule has 0 radical (unpaired) electrons. The summed E-state index contributed by atoms with van der Waals surface area (Å²) < 4.78 is 10.4. The second-order valence-corrected chi connectivity index (χ2v) is 10.1. The SMILES string of the molecule is C#Cc1ccc(C(C(=O)Nc2ccc(OC)cc2)N(C(=O)C(CC(N)=O)NC(=O)OC(C)(C)C)C(C)C)cc1. The third-order valence-corrected chi connectivity index (χ3v) is 5.48. The minimum atomic E-state index is -1.37. The fourth-order valence-corrected chi connectivity index (χ4v) is 3.80. The van der Waals surface area contributed by atoms with E-state index < -0.39 is 54.0 Å². The van der Waals surface area contributed by atoms with Crippen LogP contribution in [0.15, 0.2) is 48.5 Å². The molecule has 0 aromatic heterocycles. The van der Waals surface area contributed by atoms with Gasteiger partial charge in [-0.2, -0.15) is 0 Å². The zero-order chi connectivity index (χ0) is 29.3. The number of nitrogens with zero attached hydrogens (tertiary/aromatic N) is 1. The first-order chi connectivity index (χ1) is 18.2. The van der Waals surface area contributed by atoms with E-state index in [-0.39, 0.29) is 0 Å². The summed E-state index contributed by atoms with van der Waals surface area (Å²) in [6.07, 6.45) is 4.10. The van der Waals surface area contributed by atoms with Crippen LogP contribution in [0, 0.1) is 12.3 Å². The molecule has 2 unspecified atom stereocenters. The zero-order valence-corrected chi connectivity index (χ0v) is 23.1. The van der Waals surface area contributed by atoms with E-state index in [1.165, 1.54) is 12.0 Å². The lowest BCUT2D eigenvalue weighted by Crippen LogP contribution is -2.55. The van der Waals surface area contributed by atoms with Gasteiger partial charge in [0.25, 0.3) is 5.91 Å². The number of amides is 4. The molecular formula is C29H36N4O6. The fraction of sp³-hybridized carbons (Fsp3) is 0.379. The molecular weight excluding hydrogens is 500 g/mol. The maximum Gasteiger partial charge on any atom is 0.408 e. The summed E-state index contributed by atoms with van der Waals surface area (Å²) in [5, 5.41) is 5.27. The molecule has 39 heavy (non-hydrogen) atoms. The first-order valence-corrected chi connectivity index (χ1v) is 12.4. The van der Waals surface area contributed by atoms with Gasteiger partial charge < -0.3 is 30.7 Å². The highest BCUT2D eigenvalue weighted by Crippen LogP contribution is 2.28. The number of nitrogens with one attached hydrogen (secondary N) is 2. The lowest BCUT2D eigenvalue weighted by atomic mass is 9.99. The fourth-order valence-electron chi connectivity index (χ4n) is 3.80. The molecule has 0 heterocycles. The molecule has 0 aliphatic rings. The Balaban J connectivity index is 2.52. The monoisotopic (exact) mass is 536 g/mol. The number of nitrogens with two attached hydrogens (primary N) is 1. The number of ether oxygens (including phenoxy) is 2. The van der Waals surface area contributed by atoms with Gasteiger partial charge in [0.1, 0.15) is 23.4 Å². The van der Waals surface area contributed by atoms with E-state index in [0.29, 0.717) is 22.6 Å². The van der Waals surface area contributed by atoms with Gasteiger partial charge in [0.15, 0.2) is 0 Å². The van der Waals surface area contributed by atoms with E-state index in [9.17, 15) is 19.2 Å². The molecule has 2 rings (SSSR count). The molecule has 0 aliphatic carbocycles. The van der Waals surface area contributed by atoms with Crippen LogP contribution in [0.3, 0.4) is 0 Å². The van der Waals surface area contributed by atoms with Crippen molar-refractivity contribution in [2.75, 3.05) is 12.4 Å². The number of hydrogen-bond acceptors (Lipinski definition) is 6. The number of carbonyl (C=O) groups is 4. The molecule has 2 aromatic carbocycles. The molecule has 10 nitrogen and oxygen atoms in total. The van der Waals surface area contributed by atoms with Crippen LogP contribution in [-0.4, -0.2) is 53.5 Å². The largest absolute Gasteiger partial charge is 0.497 e. The van der Waals surface area contributed by atoms with Crippen molar-refractivity contribution in [2.45, 2.75) is 64.8 Å². The molecule has 4 amide bonds. The Morgan fingerprint density at radius 3 is 2.08 bits per heavy atom. The van der Waals surface area contributed by atoms with E-state index >= 15 is 0 Å². The summed E-state index contributed by atoms with van der Waals surface area (Å²) in [6.45, 7) is 8.43. The smallest absolute Gasteiger partial charge is 0.408 e. The van der Waals surface area contributed by atoms with E-state index in [0.717, 1.165) is 0 Å². The standard InChI is InChI=1S/C29H36N4O6/c1-8-19-9-11-20(12-10-19)25(26(35)31-21-13-15-22(38-7)16-14-21)33(18(2)3)27(36)23(17-24(30)34)32-28(37)39-29(4,5)6/h1,9-16,18,23,25H,17H2,2-7H3,(H2,30,34)(H,31,35)(H,32,37). The lowest BCUT2D eigenvalue weighted by Gasteiger charge is -2.37. The van der Waals surface area contributed by atoms with E-state index in [1.54, 1.807) is 83.1 Å². The number of alkyl carbamates (subject to hydrolysis) is 1. The maximum atomic E-state index is 13.9. The van der Waals surface area contributed by atoms with Crippen LogP contribution < -0.4 is 21.1 Å². The zero-order valence-electron chi connectivity index (χ0n) is 23.1. The molecule has 0 aliphatic heterocycles. The average molecular weight is 537 g/mol. The van der Waals surface area contributed by atoms with Gasteiger partial charge in [-0.3, -0.25) is 14.4 Å². The van der Waals surface area contributed by atoms with Crippen molar-refractivity contribution in [3.63, 3.8) is 0 Å². The van der Waals surface area contributed by atoms with Gasteiger partial charge in [-0.15, -0.1) is 6.42 Å². The normalized spacial score (nSPS) is 12.5. The third-order valence-electron chi connectivity index (χ3n) is 5.48. The number of anilines is 1. The first-order valence-electron chi connectivity index (χ1n) is 12.4. The van der Waals surface area contributed by atoms with Crippen LogP contribution in [0.1, 0.15) is 58.2 Å². The van der Waals surface area contributed by atoms with Crippen LogP contribution >= 0.6 is 0 Å². The van der Waals surface area contributed by atoms with E-state index in [2.05, 4.69) is 16.6 Å². The number of methoxy groups -OCH3 is 1. The minimum Gasteiger partial charge on any atom is -0.497 e. The molecule has 2 aromatic rings. The topological polar surface area (TPSA) is 140 Å². The maximum absolute atomic E-state index is 13.9. The number of hydrogen-bond donors (Lipinski definition) is 3. The van der Waals surface area contributed by atoms with Crippen LogP contribution in [0.2, 0.25) is 0 Å². The third kappa shape index (κ3) is 9.07. The lowest BCUT2D eigenvalue weighted by molar-refractivity contribution is -0.143. The van der Waals surface area contributed by atoms with Crippen LogP contribution in [0.25, 0.3) is 0 Å². The number of primary amides is 1. The summed E-state index contributed by atoms with van der Waals surface area (Å²) in [5.41, 5.74) is 6.10. The quantitative estimate of drug-likeness (QED) is 0.398. The highest BCUT2D eigenvalue weighted by Gasteiger charge is 2.38. The van der Waals surface area contributed by atoms with Gasteiger partial charge >= 0.3 is 6.09 Å². The van der Waals surface area contributed by atoms with Gasteiger partial charge in [0.2, 0.25) is 11.8 Å². The summed E-state index contributed by atoms with van der Waals surface area (Å²) in [7, 11) is 1.53. The number of rotatable bonds is 10. The van der Waals surface area contributed by atoms with Crippen molar-refractivity contribution in [2.24, 2.45) is 5.73 Å². The van der Waals surface area contributed by atoms with Gasteiger partial charge in [0.05, 0.1) is 13.5 Å². The Hall–Kier alpha value is -4.52. The molecule has 0 spiro atoms. The predicted octanol–water partition coefficient (Wildman–Crippen LogP) is 3.36. The van der Waals surface area contributed by atoms with Crippen molar-refractivity contribution < 1.29 is 28.7 Å². The van der Waals surface area contributed by atoms with Crippen molar-refractivity contribution in [3.8, 4) is 18.1 Å². The van der Waals surface area contributed by atoms with E-state index in [4.69, 9.17) is 21.6 Å². The van der Waals surface area contributed by atoms with Crippen molar-refractivity contribution in [3.05, 3.63) is 59.7 Å². The van der Waals surface area contributed by atoms with Crippen LogP contribution in [-0.2, 0) is 19.1 Å².